The lowest BCUT2D eigenvalue weighted by Crippen LogP contribution is -2.52. The number of anilines is 1. The third-order valence-corrected chi connectivity index (χ3v) is 7.32. The predicted octanol–water partition coefficient (Wildman–Crippen LogP) is 3.63. The Morgan fingerprint density at radius 1 is 0.943 bits per heavy atom. The van der Waals surface area contributed by atoms with E-state index in [4.69, 9.17) is 9.26 Å². The molecular weight excluding hydrogens is 440 g/mol. The van der Waals surface area contributed by atoms with Gasteiger partial charge in [0.25, 0.3) is 0 Å². The normalized spacial score (nSPS) is 21.5. The van der Waals surface area contributed by atoms with Crippen LogP contribution in [0.3, 0.4) is 0 Å². The van der Waals surface area contributed by atoms with Crippen molar-refractivity contribution in [2.75, 3.05) is 50.7 Å². The van der Waals surface area contributed by atoms with E-state index in [9.17, 15) is 5.11 Å². The Labute approximate surface area is 207 Å². The molecule has 1 aromatic heterocycles. The minimum atomic E-state index is -0.633. The molecule has 2 saturated heterocycles. The molecule has 0 saturated carbocycles. The summed E-state index contributed by atoms with van der Waals surface area (Å²) in [6.45, 7) is 11.5. The van der Waals surface area contributed by atoms with E-state index in [2.05, 4.69) is 62.3 Å². The highest BCUT2D eigenvalue weighted by Gasteiger charge is 2.38. The van der Waals surface area contributed by atoms with E-state index < -0.39 is 5.60 Å². The van der Waals surface area contributed by atoms with Crippen LogP contribution < -0.4 is 9.64 Å². The van der Waals surface area contributed by atoms with Crippen LogP contribution in [0.4, 0.5) is 5.69 Å². The highest BCUT2D eigenvalue weighted by Crippen LogP contribution is 2.26. The monoisotopic (exact) mass is 476 g/mol. The molecule has 7 heteroatoms. The van der Waals surface area contributed by atoms with Crippen LogP contribution in [0.2, 0.25) is 0 Å². The van der Waals surface area contributed by atoms with Crippen molar-refractivity contribution < 1.29 is 14.4 Å². The highest BCUT2D eigenvalue weighted by atomic mass is 16.5. The molecule has 3 aromatic rings. The summed E-state index contributed by atoms with van der Waals surface area (Å²) in [6.07, 6.45) is 0.824. The largest absolute Gasteiger partial charge is 0.489 e. The second kappa shape index (κ2) is 10.4. The molecule has 2 aromatic carbocycles. The third-order valence-electron chi connectivity index (χ3n) is 7.32. The molecule has 0 radical (unpaired) electrons. The lowest BCUT2D eigenvalue weighted by Gasteiger charge is -2.39. The van der Waals surface area contributed by atoms with Gasteiger partial charge in [-0.05, 0) is 50.1 Å². The van der Waals surface area contributed by atoms with Gasteiger partial charge in [-0.1, -0.05) is 35.5 Å². The van der Waals surface area contributed by atoms with Gasteiger partial charge < -0.3 is 19.3 Å². The summed E-state index contributed by atoms with van der Waals surface area (Å²) in [7, 11) is 0. The van der Waals surface area contributed by atoms with E-state index in [1.54, 1.807) is 0 Å². The quantitative estimate of drug-likeness (QED) is 0.533. The van der Waals surface area contributed by atoms with Crippen molar-refractivity contribution in [3.63, 3.8) is 0 Å². The number of nitrogens with zero attached hydrogens (tertiary/aromatic N) is 4. The van der Waals surface area contributed by atoms with E-state index in [1.807, 2.05) is 26.0 Å². The topological polar surface area (TPSA) is 65.2 Å². The maximum atomic E-state index is 11.3. The summed E-state index contributed by atoms with van der Waals surface area (Å²) in [5.41, 5.74) is 3.77. The van der Waals surface area contributed by atoms with Gasteiger partial charge in [0.2, 0.25) is 0 Å². The van der Waals surface area contributed by atoms with Crippen LogP contribution in [0.15, 0.2) is 59.1 Å². The van der Waals surface area contributed by atoms with Crippen LogP contribution in [0, 0.1) is 13.8 Å². The number of likely N-dealkylation sites (tertiary alicyclic amines) is 1. The van der Waals surface area contributed by atoms with Crippen molar-refractivity contribution in [2.45, 2.75) is 39.0 Å². The zero-order valence-electron chi connectivity index (χ0n) is 20.8. The Balaban J connectivity index is 1.07. The van der Waals surface area contributed by atoms with Crippen molar-refractivity contribution in [3.05, 3.63) is 77.2 Å². The van der Waals surface area contributed by atoms with Crippen LogP contribution in [-0.2, 0) is 13.2 Å². The highest BCUT2D eigenvalue weighted by molar-refractivity contribution is 5.46. The summed E-state index contributed by atoms with van der Waals surface area (Å²) in [4.78, 5) is 7.22. The number of aryl methyl sites for hydroxylation is 2. The minimum absolute atomic E-state index is 0.458. The number of rotatable bonds is 8. The van der Waals surface area contributed by atoms with Gasteiger partial charge in [0.15, 0.2) is 0 Å². The average molecular weight is 477 g/mol. The summed E-state index contributed by atoms with van der Waals surface area (Å²) in [5.74, 6) is 1.64. The van der Waals surface area contributed by atoms with Crippen LogP contribution in [0.5, 0.6) is 5.75 Å². The fraction of sp³-hybridized carbons (Fsp3) is 0.464. The van der Waals surface area contributed by atoms with Crippen LogP contribution >= 0.6 is 0 Å². The number of ether oxygens (including phenoxy) is 1. The van der Waals surface area contributed by atoms with Crippen LogP contribution in [-0.4, -0.2) is 71.5 Å². The smallest absolute Gasteiger partial charge is 0.140 e. The first-order valence-corrected chi connectivity index (χ1v) is 12.6. The molecule has 0 aliphatic carbocycles. The average Bonchev–Trinajstić information content (AvgIpc) is 3.40. The molecule has 2 fully saturated rings. The lowest BCUT2D eigenvalue weighted by atomic mass is 10.0. The van der Waals surface area contributed by atoms with Crippen LogP contribution in [0.25, 0.3) is 0 Å². The van der Waals surface area contributed by atoms with Gasteiger partial charge in [-0.2, -0.15) is 0 Å². The number of para-hydroxylation sites is 1. The first-order chi connectivity index (χ1) is 17.0. The van der Waals surface area contributed by atoms with Crippen molar-refractivity contribution in [3.8, 4) is 5.75 Å². The minimum Gasteiger partial charge on any atom is -0.489 e. The fourth-order valence-corrected chi connectivity index (χ4v) is 5.24. The molecule has 5 rings (SSSR count). The van der Waals surface area contributed by atoms with E-state index in [0.717, 1.165) is 81.5 Å². The molecule has 1 atom stereocenters. The maximum absolute atomic E-state index is 11.3. The van der Waals surface area contributed by atoms with Crippen LogP contribution in [0.1, 0.15) is 29.0 Å². The summed E-state index contributed by atoms with van der Waals surface area (Å²) >= 11 is 0. The predicted molar refractivity (Wildman–Crippen MR) is 137 cm³/mol. The van der Waals surface area contributed by atoms with Gasteiger partial charge in [-0.3, -0.25) is 9.80 Å². The Morgan fingerprint density at radius 2 is 1.69 bits per heavy atom. The van der Waals surface area contributed by atoms with E-state index in [-0.39, 0.29) is 0 Å². The number of hydrogen-bond acceptors (Lipinski definition) is 7. The van der Waals surface area contributed by atoms with Crippen molar-refractivity contribution in [2.24, 2.45) is 0 Å². The van der Waals surface area contributed by atoms with E-state index in [1.165, 1.54) is 11.3 Å². The SMILES string of the molecule is Cc1noc(C)c1COc1ccc(CN2CC[C@](O)(CN3CCN(c4ccccc4)CC3)C2)cc1. The first-order valence-electron chi connectivity index (χ1n) is 12.6. The second-order valence-electron chi connectivity index (χ2n) is 10.0. The molecular formula is C28H36N4O3. The molecule has 0 bridgehead atoms. The number of piperazine rings is 1. The molecule has 0 amide bonds. The standard InChI is InChI=1S/C28H36N4O3/c1-22-27(23(2)35-29-22)19-34-26-10-8-24(9-11-26)18-31-13-12-28(33,21-31)20-30-14-16-32(17-15-30)25-6-4-3-5-7-25/h3-11,33H,12-21H2,1-2H3/t28-/m0/s1. The van der Waals surface area contributed by atoms with Crippen molar-refractivity contribution in [1.82, 2.24) is 15.0 Å². The molecule has 35 heavy (non-hydrogen) atoms. The molecule has 1 N–H and O–H groups in total. The Kier molecular flexibility index (Phi) is 7.09. The number of hydrogen-bond donors (Lipinski definition) is 1. The van der Waals surface area contributed by atoms with Gasteiger partial charge in [0.05, 0.1) is 16.9 Å². The van der Waals surface area contributed by atoms with Gasteiger partial charge in [0, 0.05) is 58.0 Å². The Morgan fingerprint density at radius 3 is 2.37 bits per heavy atom. The molecule has 2 aliphatic heterocycles. The maximum Gasteiger partial charge on any atom is 0.140 e. The van der Waals surface area contributed by atoms with Gasteiger partial charge >= 0.3 is 0 Å². The number of benzene rings is 2. The second-order valence-corrected chi connectivity index (χ2v) is 10.0. The number of β-amino-alcohol motifs (C(OH)–C–C–N with tert-alkyl or cyclic N) is 1. The lowest BCUT2D eigenvalue weighted by molar-refractivity contribution is 0.00978. The van der Waals surface area contributed by atoms with Gasteiger partial charge in [-0.15, -0.1) is 0 Å². The first kappa shape index (κ1) is 23.9. The van der Waals surface area contributed by atoms with Crippen molar-refractivity contribution in [1.29, 1.82) is 0 Å². The molecule has 7 nitrogen and oxygen atoms in total. The number of aromatic nitrogens is 1. The van der Waals surface area contributed by atoms with Crippen molar-refractivity contribution >= 4 is 5.69 Å². The molecule has 186 valence electrons. The van der Waals surface area contributed by atoms with Gasteiger partial charge in [0.1, 0.15) is 18.1 Å². The summed E-state index contributed by atoms with van der Waals surface area (Å²) < 4.78 is 11.1. The zero-order chi connectivity index (χ0) is 24.3. The molecule has 0 unspecified atom stereocenters. The molecule has 0 spiro atoms. The molecule has 3 heterocycles. The van der Waals surface area contributed by atoms with E-state index in [0.29, 0.717) is 6.61 Å². The Bertz CT molecular complexity index is 1070. The molecule has 2 aliphatic rings. The fourth-order valence-electron chi connectivity index (χ4n) is 5.24. The summed E-state index contributed by atoms with van der Waals surface area (Å²) in [6, 6.07) is 18.9. The third kappa shape index (κ3) is 5.86. The zero-order valence-corrected chi connectivity index (χ0v) is 20.8. The van der Waals surface area contributed by atoms with E-state index >= 15 is 0 Å². The summed E-state index contributed by atoms with van der Waals surface area (Å²) in [5, 5.41) is 15.3. The van der Waals surface area contributed by atoms with Gasteiger partial charge in [-0.25, -0.2) is 0 Å². The Hall–Kier alpha value is -2.87. The number of aliphatic hydroxyl groups is 1.